The molecule has 0 radical (unpaired) electrons. The molecular formula is C19H25NO3S. The molecule has 0 bridgehead atoms. The average Bonchev–Trinajstić information content (AvgIpc) is 3.40. The van der Waals surface area contributed by atoms with Crippen molar-refractivity contribution in [3.63, 3.8) is 0 Å². The van der Waals surface area contributed by atoms with Gasteiger partial charge in [-0.25, -0.2) is 8.42 Å². The molecule has 1 aliphatic carbocycles. The van der Waals surface area contributed by atoms with Gasteiger partial charge in [0.15, 0.2) is 9.84 Å². The van der Waals surface area contributed by atoms with Crippen molar-refractivity contribution in [3.8, 4) is 0 Å². The first-order valence-corrected chi connectivity index (χ1v) is 10.1. The van der Waals surface area contributed by atoms with E-state index in [4.69, 9.17) is 0 Å². The van der Waals surface area contributed by atoms with Gasteiger partial charge in [0.1, 0.15) is 4.75 Å². The van der Waals surface area contributed by atoms with E-state index in [1.165, 1.54) is 16.7 Å². The third kappa shape index (κ3) is 2.90. The summed E-state index contributed by atoms with van der Waals surface area (Å²) in [6.45, 7) is 6.25. The Kier molecular flexibility index (Phi) is 4.32. The maximum Gasteiger partial charge on any atom is 0.243 e. The van der Waals surface area contributed by atoms with Crippen LogP contribution in [0.5, 0.6) is 0 Å². The van der Waals surface area contributed by atoms with Crippen LogP contribution >= 0.6 is 0 Å². The summed E-state index contributed by atoms with van der Waals surface area (Å²) < 4.78 is 23.8. The zero-order valence-corrected chi connectivity index (χ0v) is 15.4. The van der Waals surface area contributed by atoms with Gasteiger partial charge in [-0.2, -0.15) is 0 Å². The number of hydrogen-bond acceptors (Lipinski definition) is 3. The van der Waals surface area contributed by atoms with Crippen molar-refractivity contribution in [1.82, 2.24) is 4.90 Å². The highest BCUT2D eigenvalue weighted by Gasteiger charge is 2.51. The predicted molar refractivity (Wildman–Crippen MR) is 96.4 cm³/mol. The van der Waals surface area contributed by atoms with Crippen molar-refractivity contribution in [2.45, 2.75) is 50.0 Å². The molecule has 5 heteroatoms. The Morgan fingerprint density at radius 3 is 2.42 bits per heavy atom. The lowest BCUT2D eigenvalue weighted by atomic mass is 9.95. The summed E-state index contributed by atoms with van der Waals surface area (Å²) in [7, 11) is -3.40. The van der Waals surface area contributed by atoms with Gasteiger partial charge in [0.2, 0.25) is 5.91 Å². The molecule has 1 aromatic carbocycles. The summed E-state index contributed by atoms with van der Waals surface area (Å²) in [4.78, 5) is 14.5. The van der Waals surface area contributed by atoms with Gasteiger partial charge in [-0.1, -0.05) is 30.3 Å². The molecule has 2 aliphatic rings. The topological polar surface area (TPSA) is 54.5 Å². The largest absolute Gasteiger partial charge is 0.337 e. The lowest BCUT2D eigenvalue weighted by Crippen LogP contribution is -2.52. The van der Waals surface area contributed by atoms with E-state index in [1.54, 1.807) is 18.7 Å². The number of carbonyl (C=O) groups excluding carboxylic acids is 1. The summed E-state index contributed by atoms with van der Waals surface area (Å²) in [5.41, 5.74) is 3.68. The predicted octanol–water partition coefficient (Wildman–Crippen LogP) is 2.97. The number of benzene rings is 1. The van der Waals surface area contributed by atoms with Crippen LogP contribution in [0.2, 0.25) is 0 Å². The molecule has 0 spiro atoms. The second-order valence-corrected chi connectivity index (χ2v) is 10.1. The number of amides is 1. The molecule has 1 heterocycles. The molecule has 4 nitrogen and oxygen atoms in total. The van der Waals surface area contributed by atoms with Crippen molar-refractivity contribution in [1.29, 1.82) is 0 Å². The second kappa shape index (κ2) is 6.03. The van der Waals surface area contributed by atoms with E-state index in [0.29, 0.717) is 25.9 Å². The maximum atomic E-state index is 12.8. The maximum absolute atomic E-state index is 12.8. The Bertz CT molecular complexity index is 789. The fourth-order valence-electron chi connectivity index (χ4n) is 3.33. The number of nitrogens with zero attached hydrogens (tertiary/aromatic N) is 1. The first-order valence-electron chi connectivity index (χ1n) is 8.53. The van der Waals surface area contributed by atoms with Crippen LogP contribution < -0.4 is 0 Å². The van der Waals surface area contributed by atoms with E-state index in [1.807, 2.05) is 12.1 Å². The Labute approximate surface area is 144 Å². The van der Waals surface area contributed by atoms with Crippen LogP contribution in [-0.4, -0.2) is 42.3 Å². The lowest BCUT2D eigenvalue weighted by molar-refractivity contribution is -0.132. The van der Waals surface area contributed by atoms with Gasteiger partial charge in [-0.05, 0) is 56.7 Å². The van der Waals surface area contributed by atoms with E-state index < -0.39 is 14.6 Å². The molecule has 0 N–H and O–H groups in total. The van der Waals surface area contributed by atoms with Gasteiger partial charge in [-0.3, -0.25) is 4.79 Å². The monoisotopic (exact) mass is 347 g/mol. The molecule has 3 rings (SSSR count). The second-order valence-electron chi connectivity index (χ2n) is 7.30. The van der Waals surface area contributed by atoms with E-state index in [9.17, 15) is 13.2 Å². The average molecular weight is 347 g/mol. The molecule has 0 unspecified atom stereocenters. The zero-order valence-electron chi connectivity index (χ0n) is 14.6. The molecule has 0 saturated heterocycles. The van der Waals surface area contributed by atoms with E-state index >= 15 is 0 Å². The molecule has 0 aromatic heterocycles. The summed E-state index contributed by atoms with van der Waals surface area (Å²) in [5, 5.41) is -0.320. The van der Waals surface area contributed by atoms with E-state index in [-0.39, 0.29) is 11.2 Å². The summed E-state index contributed by atoms with van der Waals surface area (Å²) in [6.07, 6.45) is 4.20. The van der Waals surface area contributed by atoms with Crippen molar-refractivity contribution >= 4 is 21.3 Å². The van der Waals surface area contributed by atoms with Crippen molar-refractivity contribution in [3.05, 3.63) is 41.5 Å². The molecule has 1 aromatic rings. The Hall–Kier alpha value is -1.62. The Balaban J connectivity index is 1.76. The van der Waals surface area contributed by atoms with Crippen LogP contribution in [-0.2, 0) is 14.6 Å². The van der Waals surface area contributed by atoms with Crippen molar-refractivity contribution in [2.75, 3.05) is 13.1 Å². The number of carbonyl (C=O) groups is 1. The highest BCUT2D eigenvalue weighted by atomic mass is 32.2. The van der Waals surface area contributed by atoms with Crippen LogP contribution in [0, 0.1) is 6.92 Å². The van der Waals surface area contributed by atoms with E-state index in [0.717, 1.165) is 6.42 Å². The molecule has 24 heavy (non-hydrogen) atoms. The standard InChI is InChI=1S/C19H25NO3S/c1-14-6-4-5-7-17(14)15-10-12-20(13-11-15)18(21)19(2,3)24(22,23)16-8-9-16/h4-7,10,16H,8-9,11-13H2,1-3H3. The third-order valence-corrected chi connectivity index (χ3v) is 8.12. The van der Waals surface area contributed by atoms with Crippen LogP contribution in [0.3, 0.4) is 0 Å². The van der Waals surface area contributed by atoms with E-state index in [2.05, 4.69) is 25.1 Å². The molecule has 1 aliphatic heterocycles. The summed E-state index contributed by atoms with van der Waals surface area (Å²) in [6, 6.07) is 8.22. The van der Waals surface area contributed by atoms with Gasteiger partial charge in [0.25, 0.3) is 0 Å². The molecule has 1 fully saturated rings. The smallest absolute Gasteiger partial charge is 0.243 e. The van der Waals surface area contributed by atoms with Gasteiger partial charge >= 0.3 is 0 Å². The third-order valence-electron chi connectivity index (χ3n) is 5.18. The SMILES string of the molecule is Cc1ccccc1C1=CCN(C(=O)C(C)(C)S(=O)(=O)C2CC2)CC1. The lowest BCUT2D eigenvalue weighted by Gasteiger charge is -2.34. The molecule has 1 amide bonds. The summed E-state index contributed by atoms with van der Waals surface area (Å²) in [5.74, 6) is -0.269. The van der Waals surface area contributed by atoms with Gasteiger partial charge in [-0.15, -0.1) is 0 Å². The highest BCUT2D eigenvalue weighted by Crippen LogP contribution is 2.37. The number of rotatable bonds is 4. The van der Waals surface area contributed by atoms with Gasteiger partial charge in [0, 0.05) is 13.1 Å². The zero-order chi connectivity index (χ0) is 17.5. The van der Waals surface area contributed by atoms with Crippen molar-refractivity contribution < 1.29 is 13.2 Å². The van der Waals surface area contributed by atoms with Crippen LogP contribution in [0.25, 0.3) is 5.57 Å². The number of aryl methyl sites for hydroxylation is 1. The number of hydrogen-bond donors (Lipinski definition) is 0. The molecule has 130 valence electrons. The first-order chi connectivity index (χ1) is 11.2. The number of sulfone groups is 1. The quantitative estimate of drug-likeness (QED) is 0.841. The van der Waals surface area contributed by atoms with Gasteiger partial charge in [0.05, 0.1) is 5.25 Å². The highest BCUT2D eigenvalue weighted by molar-refractivity contribution is 7.94. The minimum absolute atomic E-state index is 0.269. The fourth-order valence-corrected chi connectivity index (χ4v) is 5.29. The van der Waals surface area contributed by atoms with Crippen LogP contribution in [0.1, 0.15) is 44.2 Å². The Morgan fingerprint density at radius 2 is 1.88 bits per heavy atom. The minimum Gasteiger partial charge on any atom is -0.337 e. The Morgan fingerprint density at radius 1 is 1.21 bits per heavy atom. The summed E-state index contributed by atoms with van der Waals surface area (Å²) >= 11 is 0. The van der Waals surface area contributed by atoms with Crippen molar-refractivity contribution in [2.24, 2.45) is 0 Å². The minimum atomic E-state index is -3.40. The van der Waals surface area contributed by atoms with Crippen LogP contribution in [0.4, 0.5) is 0 Å². The molecular weight excluding hydrogens is 322 g/mol. The fraction of sp³-hybridized carbons (Fsp3) is 0.526. The normalized spacial score (nSPS) is 19.1. The van der Waals surface area contributed by atoms with Gasteiger partial charge < -0.3 is 4.90 Å². The first kappa shape index (κ1) is 17.2. The van der Waals surface area contributed by atoms with Crippen LogP contribution in [0.15, 0.2) is 30.3 Å². The molecule has 1 saturated carbocycles. The molecule has 0 atom stereocenters.